The molecule has 0 atom stereocenters. The highest BCUT2D eigenvalue weighted by Gasteiger charge is 2.20. The van der Waals surface area contributed by atoms with Crippen molar-refractivity contribution < 1.29 is 4.79 Å². The monoisotopic (exact) mass is 497 g/mol. The molecule has 36 heavy (non-hydrogen) atoms. The number of anilines is 1. The molecular weight excluding hydrogens is 470 g/mol. The molecule has 4 heterocycles. The predicted octanol–water partition coefficient (Wildman–Crippen LogP) is 4.28. The Bertz CT molecular complexity index is 1680. The first-order valence-electron chi connectivity index (χ1n) is 12.1. The van der Waals surface area contributed by atoms with Gasteiger partial charge < -0.3 is 15.2 Å². The Morgan fingerprint density at radius 3 is 2.64 bits per heavy atom. The number of H-pyrrole nitrogens is 1. The molecule has 7 nitrogen and oxygen atoms in total. The summed E-state index contributed by atoms with van der Waals surface area (Å²) in [5.41, 5.74) is 5.74. The zero-order valence-electron chi connectivity index (χ0n) is 20.3. The van der Waals surface area contributed by atoms with E-state index in [0.717, 1.165) is 76.7 Å². The van der Waals surface area contributed by atoms with Gasteiger partial charge in [-0.25, -0.2) is 0 Å². The minimum Gasteiger partial charge on any atom is -0.367 e. The van der Waals surface area contributed by atoms with Crippen molar-refractivity contribution in [3.63, 3.8) is 0 Å². The lowest BCUT2D eigenvalue weighted by atomic mass is 10.1. The van der Waals surface area contributed by atoms with E-state index in [9.17, 15) is 9.59 Å². The fraction of sp³-hybridized carbons (Fsp3) is 0.250. The highest BCUT2D eigenvalue weighted by molar-refractivity contribution is 7.09. The number of hydrogen-bond acceptors (Lipinski definition) is 6. The summed E-state index contributed by atoms with van der Waals surface area (Å²) < 4.78 is 0. The van der Waals surface area contributed by atoms with Crippen LogP contribution in [0, 0.1) is 6.92 Å². The van der Waals surface area contributed by atoms with E-state index >= 15 is 0 Å². The predicted molar refractivity (Wildman–Crippen MR) is 147 cm³/mol. The van der Waals surface area contributed by atoms with Crippen LogP contribution in [0.1, 0.15) is 21.6 Å². The van der Waals surface area contributed by atoms with Gasteiger partial charge in [0, 0.05) is 72.4 Å². The maximum absolute atomic E-state index is 12.4. The number of hydrogen-bond donors (Lipinski definition) is 2. The second kappa shape index (κ2) is 9.04. The average molecular weight is 498 g/mol. The van der Waals surface area contributed by atoms with Crippen molar-refractivity contribution in [2.75, 3.05) is 38.1 Å². The molecule has 1 saturated heterocycles. The van der Waals surface area contributed by atoms with Gasteiger partial charge in [-0.05, 0) is 48.2 Å². The summed E-state index contributed by atoms with van der Waals surface area (Å²) in [5, 5.41) is 10.5. The third-order valence-electron chi connectivity index (χ3n) is 7.12. The molecule has 3 aromatic heterocycles. The summed E-state index contributed by atoms with van der Waals surface area (Å²) in [6.07, 6.45) is 0. The van der Waals surface area contributed by atoms with Crippen LogP contribution in [0.4, 0.5) is 5.69 Å². The SMILES string of the molecule is CNC(=O)c1ccc2nc(C)c(N3CCN(Cc4ccc5c(c4)[nH]c(=O)c4cscc45)CC3)cc2c1. The Morgan fingerprint density at radius 1 is 1.03 bits per heavy atom. The van der Waals surface area contributed by atoms with Crippen LogP contribution in [0.15, 0.2) is 58.0 Å². The fourth-order valence-electron chi connectivity index (χ4n) is 5.17. The topological polar surface area (TPSA) is 81.3 Å². The molecule has 0 bridgehead atoms. The molecule has 0 aliphatic carbocycles. The molecule has 6 rings (SSSR count). The lowest BCUT2D eigenvalue weighted by Gasteiger charge is -2.36. The first-order chi connectivity index (χ1) is 17.5. The fourth-order valence-corrected chi connectivity index (χ4v) is 6.00. The number of thiophene rings is 1. The van der Waals surface area contributed by atoms with E-state index in [0.29, 0.717) is 5.56 Å². The molecule has 8 heteroatoms. The zero-order valence-corrected chi connectivity index (χ0v) is 21.1. The van der Waals surface area contributed by atoms with Crippen molar-refractivity contribution >= 4 is 55.5 Å². The quantitative estimate of drug-likeness (QED) is 0.387. The molecule has 0 unspecified atom stereocenters. The van der Waals surface area contributed by atoms with E-state index in [1.54, 1.807) is 18.4 Å². The van der Waals surface area contributed by atoms with Crippen LogP contribution in [0.5, 0.6) is 0 Å². The number of pyridine rings is 2. The number of aromatic amines is 1. The van der Waals surface area contributed by atoms with Gasteiger partial charge in [-0.1, -0.05) is 12.1 Å². The van der Waals surface area contributed by atoms with Crippen LogP contribution in [-0.4, -0.2) is 54.0 Å². The van der Waals surface area contributed by atoms with Gasteiger partial charge in [0.05, 0.1) is 22.3 Å². The number of fused-ring (bicyclic) bond motifs is 4. The van der Waals surface area contributed by atoms with Gasteiger partial charge in [0.25, 0.3) is 11.5 Å². The first kappa shape index (κ1) is 22.7. The van der Waals surface area contributed by atoms with E-state index in [-0.39, 0.29) is 11.5 Å². The molecule has 0 spiro atoms. The number of benzene rings is 2. The van der Waals surface area contributed by atoms with Crippen LogP contribution in [0.3, 0.4) is 0 Å². The molecule has 0 saturated carbocycles. The Hall–Kier alpha value is -3.75. The van der Waals surface area contributed by atoms with Crippen molar-refractivity contribution in [1.29, 1.82) is 0 Å². The van der Waals surface area contributed by atoms with Gasteiger partial charge in [-0.2, -0.15) is 11.3 Å². The number of rotatable bonds is 4. The second-order valence-electron chi connectivity index (χ2n) is 9.38. The van der Waals surface area contributed by atoms with E-state index in [4.69, 9.17) is 4.98 Å². The van der Waals surface area contributed by atoms with Crippen LogP contribution in [0.2, 0.25) is 0 Å². The van der Waals surface area contributed by atoms with Crippen LogP contribution < -0.4 is 15.8 Å². The molecular formula is C28H27N5O2S. The van der Waals surface area contributed by atoms with E-state index in [1.807, 2.05) is 30.5 Å². The number of nitrogens with zero attached hydrogens (tertiary/aromatic N) is 3. The van der Waals surface area contributed by atoms with Gasteiger partial charge in [-0.15, -0.1) is 0 Å². The highest BCUT2D eigenvalue weighted by Crippen LogP contribution is 2.28. The molecule has 1 aliphatic heterocycles. The Kier molecular flexibility index (Phi) is 5.70. The highest BCUT2D eigenvalue weighted by atomic mass is 32.1. The second-order valence-corrected chi connectivity index (χ2v) is 10.1. The Labute approximate surface area is 212 Å². The van der Waals surface area contributed by atoms with Crippen LogP contribution in [-0.2, 0) is 6.54 Å². The maximum Gasteiger partial charge on any atom is 0.257 e. The number of nitrogens with one attached hydrogen (secondary N) is 2. The van der Waals surface area contributed by atoms with Crippen molar-refractivity contribution in [2.24, 2.45) is 0 Å². The van der Waals surface area contributed by atoms with E-state index in [1.165, 1.54) is 5.56 Å². The molecule has 1 aliphatic rings. The summed E-state index contributed by atoms with van der Waals surface area (Å²) in [5.74, 6) is -0.0925. The van der Waals surface area contributed by atoms with E-state index in [2.05, 4.69) is 49.7 Å². The number of piperazine rings is 1. The number of carbonyl (C=O) groups excluding carboxylic acids is 1. The zero-order chi connectivity index (χ0) is 24.8. The van der Waals surface area contributed by atoms with Gasteiger partial charge in [0.2, 0.25) is 0 Å². The molecule has 1 fully saturated rings. The smallest absolute Gasteiger partial charge is 0.257 e. The van der Waals surface area contributed by atoms with Crippen LogP contribution >= 0.6 is 11.3 Å². The molecule has 2 aromatic carbocycles. The van der Waals surface area contributed by atoms with Gasteiger partial charge >= 0.3 is 0 Å². The number of aryl methyl sites for hydroxylation is 1. The molecule has 5 aromatic rings. The van der Waals surface area contributed by atoms with Crippen molar-refractivity contribution in [1.82, 2.24) is 20.2 Å². The summed E-state index contributed by atoms with van der Waals surface area (Å²) in [4.78, 5) is 37.2. The summed E-state index contributed by atoms with van der Waals surface area (Å²) in [6.45, 7) is 6.58. The largest absolute Gasteiger partial charge is 0.367 e. The third-order valence-corrected chi connectivity index (χ3v) is 7.86. The minimum absolute atomic E-state index is 0.0219. The molecule has 2 N–H and O–H groups in total. The Balaban J connectivity index is 1.19. The number of aromatic nitrogens is 2. The van der Waals surface area contributed by atoms with Crippen LogP contribution in [0.25, 0.3) is 32.6 Å². The summed E-state index contributed by atoms with van der Waals surface area (Å²) in [7, 11) is 1.64. The first-order valence-corrected chi connectivity index (χ1v) is 13.1. The standard InChI is InChI=1S/C28H27N5O2S/c1-17-26(13-20-12-19(27(34)29-2)4-6-24(20)30-17)33-9-7-32(8-10-33)14-18-3-5-21-22-15-36-16-23(22)28(35)31-25(21)11-18/h3-6,11-13,15-16H,7-10,14H2,1-2H3,(H,29,34)(H,31,35). The minimum atomic E-state index is -0.0925. The summed E-state index contributed by atoms with van der Waals surface area (Å²) >= 11 is 1.56. The van der Waals surface area contributed by atoms with Gasteiger partial charge in [0.15, 0.2) is 0 Å². The van der Waals surface area contributed by atoms with Crippen molar-refractivity contribution in [2.45, 2.75) is 13.5 Å². The normalized spacial score (nSPS) is 14.7. The maximum atomic E-state index is 12.4. The van der Waals surface area contributed by atoms with Gasteiger partial charge in [0.1, 0.15) is 0 Å². The lowest BCUT2D eigenvalue weighted by Crippen LogP contribution is -2.46. The van der Waals surface area contributed by atoms with Gasteiger partial charge in [-0.3, -0.25) is 19.5 Å². The van der Waals surface area contributed by atoms with E-state index < -0.39 is 0 Å². The molecule has 1 amide bonds. The molecule has 182 valence electrons. The average Bonchev–Trinajstić information content (AvgIpc) is 3.39. The van der Waals surface area contributed by atoms with Crippen molar-refractivity contribution in [3.8, 4) is 0 Å². The van der Waals surface area contributed by atoms with Crippen molar-refractivity contribution in [3.05, 3.63) is 80.4 Å². The number of carbonyl (C=O) groups is 1. The number of amides is 1. The lowest BCUT2D eigenvalue weighted by molar-refractivity contribution is 0.0963. The summed E-state index contributed by atoms with van der Waals surface area (Å²) in [6, 6.07) is 14.2. The third kappa shape index (κ3) is 4.02. The molecule has 0 radical (unpaired) electrons. The Morgan fingerprint density at radius 2 is 1.83 bits per heavy atom.